The quantitative estimate of drug-likeness (QED) is 0.617. The van der Waals surface area contributed by atoms with Crippen molar-refractivity contribution in [1.82, 2.24) is 15.5 Å². The summed E-state index contributed by atoms with van der Waals surface area (Å²) in [5.74, 6) is -0.646. The molecule has 0 aromatic rings. The van der Waals surface area contributed by atoms with E-state index in [-0.39, 0.29) is 18.4 Å². The highest BCUT2D eigenvalue weighted by Gasteiger charge is 2.46. The van der Waals surface area contributed by atoms with Crippen LogP contribution in [0.2, 0.25) is 0 Å². The van der Waals surface area contributed by atoms with Crippen molar-refractivity contribution in [3.8, 4) is 0 Å². The zero-order valence-corrected chi connectivity index (χ0v) is 9.09. The summed E-state index contributed by atoms with van der Waals surface area (Å²) in [5, 5.41) is 4.75. The summed E-state index contributed by atoms with van der Waals surface area (Å²) in [6, 6.07) is -0.517. The van der Waals surface area contributed by atoms with Crippen LogP contribution in [0.4, 0.5) is 4.79 Å². The predicted molar refractivity (Wildman–Crippen MR) is 53.0 cm³/mol. The molecule has 1 saturated heterocycles. The molecule has 1 rings (SSSR count). The Morgan fingerprint density at radius 3 is 2.47 bits per heavy atom. The van der Waals surface area contributed by atoms with Gasteiger partial charge in [0.2, 0.25) is 5.91 Å². The SMILES string of the molecule is CCNC(=O)CN1C(=O)NC(=O)C1(C)C. The van der Waals surface area contributed by atoms with Gasteiger partial charge in [-0.2, -0.15) is 0 Å². The number of carbonyl (C=O) groups is 3. The van der Waals surface area contributed by atoms with E-state index in [2.05, 4.69) is 10.6 Å². The van der Waals surface area contributed by atoms with Crippen molar-refractivity contribution in [3.63, 3.8) is 0 Å². The Hall–Kier alpha value is -1.59. The van der Waals surface area contributed by atoms with Gasteiger partial charge in [-0.1, -0.05) is 0 Å². The van der Waals surface area contributed by atoms with Crippen molar-refractivity contribution in [2.75, 3.05) is 13.1 Å². The number of urea groups is 1. The van der Waals surface area contributed by atoms with Crippen molar-refractivity contribution in [2.45, 2.75) is 26.3 Å². The van der Waals surface area contributed by atoms with E-state index in [4.69, 9.17) is 0 Å². The van der Waals surface area contributed by atoms with E-state index >= 15 is 0 Å². The van der Waals surface area contributed by atoms with Crippen molar-refractivity contribution >= 4 is 17.8 Å². The Morgan fingerprint density at radius 2 is 2.07 bits per heavy atom. The van der Waals surface area contributed by atoms with Crippen molar-refractivity contribution < 1.29 is 14.4 Å². The minimum atomic E-state index is -0.956. The number of rotatable bonds is 3. The van der Waals surface area contributed by atoms with Crippen LogP contribution in [0.1, 0.15) is 20.8 Å². The molecule has 0 spiro atoms. The lowest BCUT2D eigenvalue weighted by atomic mass is 10.0. The number of likely N-dealkylation sites (N-methyl/N-ethyl adjacent to an activating group) is 1. The molecule has 84 valence electrons. The monoisotopic (exact) mass is 213 g/mol. The fourth-order valence-electron chi connectivity index (χ4n) is 1.36. The number of hydrogen-bond acceptors (Lipinski definition) is 3. The van der Waals surface area contributed by atoms with Crippen molar-refractivity contribution in [3.05, 3.63) is 0 Å². The molecule has 0 aromatic carbocycles. The average Bonchev–Trinajstić information content (AvgIpc) is 2.29. The minimum absolute atomic E-state index is 0.0988. The average molecular weight is 213 g/mol. The van der Waals surface area contributed by atoms with Gasteiger partial charge in [0, 0.05) is 6.54 Å². The summed E-state index contributed by atoms with van der Waals surface area (Å²) in [4.78, 5) is 35.2. The van der Waals surface area contributed by atoms with Gasteiger partial charge in [-0.25, -0.2) is 4.79 Å². The van der Waals surface area contributed by atoms with Crippen LogP contribution in [0.25, 0.3) is 0 Å². The number of hydrogen-bond donors (Lipinski definition) is 2. The topological polar surface area (TPSA) is 78.5 Å². The number of nitrogens with zero attached hydrogens (tertiary/aromatic N) is 1. The second kappa shape index (κ2) is 3.88. The zero-order chi connectivity index (χ0) is 11.6. The fourth-order valence-corrected chi connectivity index (χ4v) is 1.36. The molecule has 0 bridgehead atoms. The van der Waals surface area contributed by atoms with Crippen LogP contribution in [0, 0.1) is 0 Å². The highest BCUT2D eigenvalue weighted by atomic mass is 16.2. The Labute approximate surface area is 88.0 Å². The first-order chi connectivity index (χ1) is 6.89. The summed E-state index contributed by atoms with van der Waals surface area (Å²) < 4.78 is 0. The molecule has 6 nitrogen and oxygen atoms in total. The van der Waals surface area contributed by atoms with Gasteiger partial charge in [0.15, 0.2) is 0 Å². The summed E-state index contributed by atoms with van der Waals surface area (Å²) in [5.41, 5.74) is -0.956. The van der Waals surface area contributed by atoms with E-state index in [1.807, 2.05) is 0 Å². The van der Waals surface area contributed by atoms with Crippen LogP contribution in [-0.4, -0.2) is 41.4 Å². The van der Waals surface area contributed by atoms with Crippen LogP contribution < -0.4 is 10.6 Å². The van der Waals surface area contributed by atoms with Gasteiger partial charge in [-0.15, -0.1) is 0 Å². The van der Waals surface area contributed by atoms with Crippen LogP contribution in [0.5, 0.6) is 0 Å². The van der Waals surface area contributed by atoms with Crippen LogP contribution in [0.3, 0.4) is 0 Å². The summed E-state index contributed by atoms with van der Waals surface area (Å²) in [7, 11) is 0. The smallest absolute Gasteiger partial charge is 0.325 e. The molecular weight excluding hydrogens is 198 g/mol. The lowest BCUT2D eigenvalue weighted by Gasteiger charge is -2.26. The normalized spacial score (nSPS) is 19.0. The molecule has 1 aliphatic heterocycles. The Kier molecular flexibility index (Phi) is 2.97. The van der Waals surface area contributed by atoms with E-state index in [1.54, 1.807) is 20.8 Å². The first-order valence-electron chi connectivity index (χ1n) is 4.79. The molecular formula is C9H15N3O3. The molecule has 0 saturated carbocycles. The van der Waals surface area contributed by atoms with Gasteiger partial charge in [-0.3, -0.25) is 14.9 Å². The summed E-state index contributed by atoms with van der Waals surface area (Å²) >= 11 is 0. The maximum Gasteiger partial charge on any atom is 0.325 e. The third kappa shape index (κ3) is 2.08. The molecule has 0 unspecified atom stereocenters. The van der Waals surface area contributed by atoms with Crippen LogP contribution >= 0.6 is 0 Å². The van der Waals surface area contributed by atoms with Gasteiger partial charge in [-0.05, 0) is 20.8 Å². The van der Waals surface area contributed by atoms with E-state index < -0.39 is 11.6 Å². The first-order valence-corrected chi connectivity index (χ1v) is 4.79. The van der Waals surface area contributed by atoms with E-state index in [9.17, 15) is 14.4 Å². The lowest BCUT2D eigenvalue weighted by molar-refractivity contribution is -0.127. The molecule has 0 aliphatic carbocycles. The Bertz CT molecular complexity index is 312. The molecule has 1 aliphatic rings. The summed E-state index contributed by atoms with van der Waals surface area (Å²) in [6.45, 7) is 5.40. The van der Waals surface area contributed by atoms with Crippen LogP contribution in [-0.2, 0) is 9.59 Å². The molecule has 4 amide bonds. The number of imide groups is 1. The molecule has 6 heteroatoms. The third-order valence-corrected chi connectivity index (χ3v) is 2.37. The maximum atomic E-state index is 11.4. The molecule has 2 N–H and O–H groups in total. The molecule has 1 fully saturated rings. The molecule has 0 atom stereocenters. The highest BCUT2D eigenvalue weighted by Crippen LogP contribution is 2.19. The van der Waals surface area contributed by atoms with Crippen LogP contribution in [0.15, 0.2) is 0 Å². The highest BCUT2D eigenvalue weighted by molar-refractivity contribution is 6.07. The standard InChI is InChI=1S/C9H15N3O3/c1-4-10-6(13)5-12-8(15)11-7(14)9(12,2)3/h4-5H2,1-3H3,(H,10,13)(H,11,14,15). The Balaban J connectivity index is 2.72. The number of amides is 4. The van der Waals surface area contributed by atoms with E-state index in [1.165, 1.54) is 4.90 Å². The molecule has 0 aromatic heterocycles. The minimum Gasteiger partial charge on any atom is -0.355 e. The molecule has 15 heavy (non-hydrogen) atoms. The second-order valence-electron chi connectivity index (χ2n) is 3.86. The van der Waals surface area contributed by atoms with E-state index in [0.717, 1.165) is 0 Å². The second-order valence-corrected chi connectivity index (χ2v) is 3.86. The van der Waals surface area contributed by atoms with Gasteiger partial charge in [0.1, 0.15) is 12.1 Å². The maximum absolute atomic E-state index is 11.4. The fraction of sp³-hybridized carbons (Fsp3) is 0.667. The van der Waals surface area contributed by atoms with E-state index in [0.29, 0.717) is 6.54 Å². The summed E-state index contributed by atoms with van der Waals surface area (Å²) in [6.07, 6.45) is 0. The van der Waals surface area contributed by atoms with Gasteiger partial charge < -0.3 is 10.2 Å². The largest absolute Gasteiger partial charge is 0.355 e. The van der Waals surface area contributed by atoms with Crippen molar-refractivity contribution in [1.29, 1.82) is 0 Å². The third-order valence-electron chi connectivity index (χ3n) is 2.37. The lowest BCUT2D eigenvalue weighted by Crippen LogP contribution is -2.48. The van der Waals surface area contributed by atoms with Gasteiger partial charge in [0.05, 0.1) is 0 Å². The molecule has 1 heterocycles. The number of carbonyl (C=O) groups excluding carboxylic acids is 3. The predicted octanol–water partition coefficient (Wildman–Crippen LogP) is -0.547. The first kappa shape index (κ1) is 11.5. The zero-order valence-electron chi connectivity index (χ0n) is 9.09. The Morgan fingerprint density at radius 1 is 1.47 bits per heavy atom. The number of nitrogens with one attached hydrogen (secondary N) is 2. The van der Waals surface area contributed by atoms with Gasteiger partial charge in [0.25, 0.3) is 5.91 Å². The van der Waals surface area contributed by atoms with Crippen molar-refractivity contribution in [2.24, 2.45) is 0 Å². The van der Waals surface area contributed by atoms with Gasteiger partial charge >= 0.3 is 6.03 Å². The molecule has 0 radical (unpaired) electrons.